The smallest absolute Gasteiger partial charge is 0.158 e. The van der Waals surface area contributed by atoms with Crippen molar-refractivity contribution in [2.45, 2.75) is 26.1 Å². The Morgan fingerprint density at radius 3 is 2.59 bits per heavy atom. The Balaban J connectivity index is 2.24. The van der Waals surface area contributed by atoms with E-state index in [1.807, 2.05) is 30.3 Å². The van der Waals surface area contributed by atoms with Gasteiger partial charge in [0.15, 0.2) is 9.84 Å². The van der Waals surface area contributed by atoms with Gasteiger partial charge in [0.1, 0.15) is 5.15 Å². The molecule has 0 atom stereocenters. The number of hydrogen-bond acceptors (Lipinski definition) is 3. The second kappa shape index (κ2) is 7.11. The standard InChI is InChI=1S/C16H19ClN2O2S/c1-3-4-10-22(20,21)12-15-13(2)18-19(16(15)17)11-14-8-6-5-7-9-14/h3-9H,10-12H2,1-2H3/b4-3-. The molecule has 0 N–H and O–H groups in total. The fourth-order valence-electron chi connectivity index (χ4n) is 2.14. The lowest BCUT2D eigenvalue weighted by Gasteiger charge is -2.04. The van der Waals surface area contributed by atoms with Gasteiger partial charge < -0.3 is 0 Å². The molecule has 118 valence electrons. The molecule has 0 saturated heterocycles. The monoisotopic (exact) mass is 338 g/mol. The van der Waals surface area contributed by atoms with Gasteiger partial charge in [-0.3, -0.25) is 0 Å². The van der Waals surface area contributed by atoms with Crippen LogP contribution in [0.15, 0.2) is 42.5 Å². The highest BCUT2D eigenvalue weighted by Gasteiger charge is 2.19. The highest BCUT2D eigenvalue weighted by molar-refractivity contribution is 7.90. The number of rotatable bonds is 6. The van der Waals surface area contributed by atoms with Crippen molar-refractivity contribution in [1.82, 2.24) is 9.78 Å². The minimum Gasteiger partial charge on any atom is -0.249 e. The lowest BCUT2D eigenvalue weighted by atomic mass is 10.2. The van der Waals surface area contributed by atoms with Crippen LogP contribution >= 0.6 is 11.6 Å². The molecule has 2 rings (SSSR count). The topological polar surface area (TPSA) is 52.0 Å². The van der Waals surface area contributed by atoms with Crippen LogP contribution in [-0.4, -0.2) is 24.0 Å². The van der Waals surface area contributed by atoms with Gasteiger partial charge in [-0.2, -0.15) is 5.10 Å². The van der Waals surface area contributed by atoms with Crippen LogP contribution in [-0.2, 0) is 22.1 Å². The van der Waals surface area contributed by atoms with Gasteiger partial charge in [-0.25, -0.2) is 13.1 Å². The molecule has 0 unspecified atom stereocenters. The molecule has 22 heavy (non-hydrogen) atoms. The van der Waals surface area contributed by atoms with Crippen LogP contribution < -0.4 is 0 Å². The van der Waals surface area contributed by atoms with Gasteiger partial charge in [-0.05, 0) is 19.4 Å². The van der Waals surface area contributed by atoms with E-state index in [9.17, 15) is 8.42 Å². The summed E-state index contributed by atoms with van der Waals surface area (Å²) in [4.78, 5) is 0. The molecule has 0 aliphatic carbocycles. The van der Waals surface area contributed by atoms with Crippen LogP contribution in [0.4, 0.5) is 0 Å². The van der Waals surface area contributed by atoms with Crippen LogP contribution in [0.2, 0.25) is 5.15 Å². The molecule has 1 heterocycles. The first-order valence-corrected chi connectivity index (χ1v) is 9.20. The quantitative estimate of drug-likeness (QED) is 0.759. The third-order valence-electron chi connectivity index (χ3n) is 3.31. The van der Waals surface area contributed by atoms with Gasteiger partial charge >= 0.3 is 0 Å². The van der Waals surface area contributed by atoms with Crippen molar-refractivity contribution >= 4 is 21.4 Å². The number of benzene rings is 1. The number of nitrogens with zero attached hydrogens (tertiary/aromatic N) is 2. The first kappa shape index (κ1) is 16.8. The first-order chi connectivity index (χ1) is 10.4. The summed E-state index contributed by atoms with van der Waals surface area (Å²) < 4.78 is 25.8. The lowest BCUT2D eigenvalue weighted by molar-refractivity contribution is 0.598. The second-order valence-electron chi connectivity index (χ2n) is 5.12. The van der Waals surface area contributed by atoms with Gasteiger partial charge in [-0.1, -0.05) is 54.1 Å². The van der Waals surface area contributed by atoms with E-state index in [-0.39, 0.29) is 11.5 Å². The molecular weight excluding hydrogens is 320 g/mol. The van der Waals surface area contributed by atoms with Crippen LogP contribution in [0.5, 0.6) is 0 Å². The van der Waals surface area contributed by atoms with Crippen LogP contribution in [0.3, 0.4) is 0 Å². The molecule has 2 aromatic rings. The lowest BCUT2D eigenvalue weighted by Crippen LogP contribution is -2.08. The SMILES string of the molecule is C/C=C\CS(=O)(=O)Cc1c(C)nn(Cc2ccccc2)c1Cl. The maximum Gasteiger partial charge on any atom is 0.158 e. The van der Waals surface area contributed by atoms with E-state index in [2.05, 4.69) is 5.10 Å². The molecule has 6 heteroatoms. The van der Waals surface area contributed by atoms with Gasteiger partial charge in [-0.15, -0.1) is 0 Å². The fraction of sp³-hybridized carbons (Fsp3) is 0.312. The third kappa shape index (κ3) is 4.21. The Labute approximate surface area is 136 Å². The summed E-state index contributed by atoms with van der Waals surface area (Å²) in [6.45, 7) is 4.11. The summed E-state index contributed by atoms with van der Waals surface area (Å²) in [7, 11) is -3.23. The zero-order valence-corrected chi connectivity index (χ0v) is 14.2. The summed E-state index contributed by atoms with van der Waals surface area (Å²) in [5, 5.41) is 4.77. The summed E-state index contributed by atoms with van der Waals surface area (Å²) in [6, 6.07) is 9.80. The van der Waals surface area contributed by atoms with Gasteiger partial charge in [0.05, 0.1) is 23.7 Å². The minimum atomic E-state index is -3.23. The van der Waals surface area contributed by atoms with Crippen molar-refractivity contribution < 1.29 is 8.42 Å². The Bertz CT molecular complexity index is 765. The molecule has 0 aliphatic heterocycles. The van der Waals surface area contributed by atoms with Gasteiger partial charge in [0.2, 0.25) is 0 Å². The number of sulfone groups is 1. The molecule has 1 aromatic heterocycles. The summed E-state index contributed by atoms with van der Waals surface area (Å²) >= 11 is 6.34. The maximum absolute atomic E-state index is 12.1. The normalized spacial score (nSPS) is 12.1. The molecule has 0 bridgehead atoms. The van der Waals surface area contributed by atoms with E-state index in [0.717, 1.165) is 5.56 Å². The van der Waals surface area contributed by atoms with Crippen molar-refractivity contribution in [1.29, 1.82) is 0 Å². The fourth-order valence-corrected chi connectivity index (χ4v) is 3.91. The third-order valence-corrected chi connectivity index (χ3v) is 5.16. The van der Waals surface area contributed by atoms with Crippen molar-refractivity contribution in [3.8, 4) is 0 Å². The maximum atomic E-state index is 12.1. The molecule has 1 aromatic carbocycles. The molecule has 0 saturated carbocycles. The average Bonchev–Trinajstić information content (AvgIpc) is 2.74. The Kier molecular flexibility index (Phi) is 5.42. The largest absolute Gasteiger partial charge is 0.249 e. The van der Waals surface area contributed by atoms with Gasteiger partial charge in [0.25, 0.3) is 0 Å². The molecule has 0 amide bonds. The van der Waals surface area contributed by atoms with Crippen molar-refractivity contribution in [2.24, 2.45) is 0 Å². The van der Waals surface area contributed by atoms with E-state index in [0.29, 0.717) is 23.0 Å². The molecule has 0 aliphatic rings. The van der Waals surface area contributed by atoms with Crippen LogP contribution in [0.25, 0.3) is 0 Å². The zero-order valence-electron chi connectivity index (χ0n) is 12.7. The molecule has 4 nitrogen and oxygen atoms in total. The predicted molar refractivity (Wildman–Crippen MR) is 89.8 cm³/mol. The Morgan fingerprint density at radius 2 is 1.95 bits per heavy atom. The number of allylic oxidation sites excluding steroid dienone is 1. The predicted octanol–water partition coefficient (Wildman–Crippen LogP) is 3.38. The summed E-state index contributed by atoms with van der Waals surface area (Å²) in [6.07, 6.45) is 3.36. The highest BCUT2D eigenvalue weighted by Crippen LogP contribution is 2.23. The summed E-state index contributed by atoms with van der Waals surface area (Å²) in [5.74, 6) is -0.0695. The van der Waals surface area contributed by atoms with Gasteiger partial charge in [0, 0.05) is 5.56 Å². The molecule has 0 spiro atoms. The number of aryl methyl sites for hydroxylation is 1. The zero-order chi connectivity index (χ0) is 16.2. The van der Waals surface area contributed by atoms with Crippen molar-refractivity contribution in [3.05, 3.63) is 64.5 Å². The first-order valence-electron chi connectivity index (χ1n) is 7.00. The van der Waals surface area contributed by atoms with E-state index >= 15 is 0 Å². The van der Waals surface area contributed by atoms with E-state index < -0.39 is 9.84 Å². The minimum absolute atomic E-state index is 0.0170. The Hall–Kier alpha value is -1.59. The van der Waals surface area contributed by atoms with E-state index in [4.69, 9.17) is 11.6 Å². The number of aromatic nitrogens is 2. The highest BCUT2D eigenvalue weighted by atomic mass is 35.5. The van der Waals surface area contributed by atoms with E-state index in [1.54, 1.807) is 30.7 Å². The number of hydrogen-bond donors (Lipinski definition) is 0. The molecule has 0 fully saturated rings. The Morgan fingerprint density at radius 1 is 1.27 bits per heavy atom. The number of halogens is 1. The average molecular weight is 339 g/mol. The van der Waals surface area contributed by atoms with Crippen LogP contribution in [0.1, 0.15) is 23.7 Å². The molecular formula is C16H19ClN2O2S. The van der Waals surface area contributed by atoms with E-state index in [1.165, 1.54) is 0 Å². The molecule has 0 radical (unpaired) electrons. The van der Waals surface area contributed by atoms with Crippen LogP contribution in [0, 0.1) is 6.92 Å². The second-order valence-corrected chi connectivity index (χ2v) is 7.59. The van der Waals surface area contributed by atoms with Crippen molar-refractivity contribution in [3.63, 3.8) is 0 Å². The summed E-state index contributed by atoms with van der Waals surface area (Å²) in [5.41, 5.74) is 2.31. The van der Waals surface area contributed by atoms with Crippen molar-refractivity contribution in [2.75, 3.05) is 5.75 Å².